The minimum absolute atomic E-state index is 0.767. The van der Waals surface area contributed by atoms with E-state index in [9.17, 15) is 0 Å². The number of hydrogen-bond acceptors (Lipinski definition) is 1. The normalized spacial score (nSPS) is 26.0. The summed E-state index contributed by atoms with van der Waals surface area (Å²) in [6.45, 7) is 2.32. The molecule has 0 N–H and O–H groups in total. The van der Waals surface area contributed by atoms with E-state index in [2.05, 4.69) is 61.0 Å². The van der Waals surface area contributed by atoms with E-state index in [0.29, 0.717) is 0 Å². The van der Waals surface area contributed by atoms with Gasteiger partial charge in [0.2, 0.25) is 0 Å². The van der Waals surface area contributed by atoms with Gasteiger partial charge < -0.3 is 0 Å². The molecule has 1 aliphatic heterocycles. The summed E-state index contributed by atoms with van der Waals surface area (Å²) in [4.78, 5) is 2.46. The van der Waals surface area contributed by atoms with Crippen LogP contribution < -0.4 is 0 Å². The quantitative estimate of drug-likeness (QED) is 0.613. The number of nitrogens with zero attached hydrogens (tertiary/aromatic N) is 1. The average molecular weight is 305 g/mol. The molecule has 1 nitrogen and oxygen atoms in total. The van der Waals surface area contributed by atoms with Crippen LogP contribution in [-0.2, 0) is 6.54 Å². The minimum atomic E-state index is 0.767. The molecule has 0 bridgehead atoms. The van der Waals surface area contributed by atoms with Crippen molar-refractivity contribution >= 4 is 31.9 Å². The van der Waals surface area contributed by atoms with Crippen LogP contribution in [0.4, 0.5) is 0 Å². The summed E-state index contributed by atoms with van der Waals surface area (Å²) >= 11 is 6.92. The average Bonchev–Trinajstić information content (AvgIpc) is 2.88. The predicted octanol–water partition coefficient (Wildman–Crippen LogP) is 3.03. The minimum Gasteiger partial charge on any atom is -0.292 e. The van der Waals surface area contributed by atoms with Gasteiger partial charge in [-0.2, -0.15) is 0 Å². The lowest BCUT2D eigenvalue weighted by atomic mass is 10.2. The molecule has 0 aliphatic carbocycles. The molecule has 0 spiro atoms. The Hall–Kier alpha value is 0.140. The second kappa shape index (κ2) is 4.11. The van der Waals surface area contributed by atoms with Gasteiger partial charge in [0.1, 0.15) is 0 Å². The van der Waals surface area contributed by atoms with Gasteiger partial charge in [-0.1, -0.05) is 44.0 Å². The molecule has 0 aromatic heterocycles. The fourth-order valence-electron chi connectivity index (χ4n) is 1.39. The summed E-state index contributed by atoms with van der Waals surface area (Å²) < 4.78 is 1.15. The third-order valence-corrected chi connectivity index (χ3v) is 3.58. The smallest absolute Gasteiger partial charge is 0.0324 e. The Balaban J connectivity index is 1.92. The molecule has 2 rings (SSSR count). The maximum atomic E-state index is 3.49. The van der Waals surface area contributed by atoms with E-state index >= 15 is 0 Å². The van der Waals surface area contributed by atoms with Crippen molar-refractivity contribution in [2.75, 3.05) is 11.9 Å². The topological polar surface area (TPSA) is 3.01 Å². The van der Waals surface area contributed by atoms with Crippen LogP contribution in [0.15, 0.2) is 28.7 Å². The zero-order valence-electron chi connectivity index (χ0n) is 7.21. The highest BCUT2D eigenvalue weighted by Gasteiger charge is 2.31. The molecule has 70 valence electrons. The first kappa shape index (κ1) is 9.69. The molecule has 0 radical (unpaired) electrons. The first-order valence-corrected chi connectivity index (χ1v) is 6.25. The van der Waals surface area contributed by atoms with Crippen molar-refractivity contribution in [3.63, 3.8) is 0 Å². The fraction of sp³-hybridized carbons (Fsp3) is 0.400. The number of hydrogen-bond donors (Lipinski definition) is 0. The molecule has 1 aromatic rings. The van der Waals surface area contributed by atoms with Crippen molar-refractivity contribution in [1.29, 1.82) is 0 Å². The summed E-state index contributed by atoms with van der Waals surface area (Å²) in [6, 6.07) is 9.31. The van der Waals surface area contributed by atoms with Gasteiger partial charge in [0.05, 0.1) is 0 Å². The van der Waals surface area contributed by atoms with Crippen molar-refractivity contribution in [3.8, 4) is 0 Å². The van der Waals surface area contributed by atoms with Gasteiger partial charge in [0, 0.05) is 28.9 Å². The predicted molar refractivity (Wildman–Crippen MR) is 62.1 cm³/mol. The molecule has 1 heterocycles. The van der Waals surface area contributed by atoms with E-state index in [-0.39, 0.29) is 0 Å². The third kappa shape index (κ3) is 2.55. The number of halogens is 2. The highest BCUT2D eigenvalue weighted by molar-refractivity contribution is 9.10. The number of rotatable bonds is 3. The van der Waals surface area contributed by atoms with Gasteiger partial charge in [-0.15, -0.1) is 0 Å². The third-order valence-electron chi connectivity index (χ3n) is 2.31. The Bertz CT molecular complexity index is 283. The molecule has 13 heavy (non-hydrogen) atoms. The first-order valence-electron chi connectivity index (χ1n) is 4.34. The summed E-state index contributed by atoms with van der Waals surface area (Å²) in [5.41, 5.74) is 1.40. The van der Waals surface area contributed by atoms with Gasteiger partial charge in [-0.3, -0.25) is 4.90 Å². The zero-order valence-corrected chi connectivity index (χ0v) is 10.4. The maximum Gasteiger partial charge on any atom is 0.0324 e. The van der Waals surface area contributed by atoms with E-state index in [1.54, 1.807) is 0 Å². The SMILES string of the molecule is BrC[C@H]1CN1Cc1ccc(Br)cc1. The Morgan fingerprint density at radius 1 is 1.31 bits per heavy atom. The molecule has 1 aliphatic rings. The monoisotopic (exact) mass is 303 g/mol. The molecule has 1 fully saturated rings. The van der Waals surface area contributed by atoms with Crippen LogP contribution in [0.5, 0.6) is 0 Å². The van der Waals surface area contributed by atoms with E-state index in [1.807, 2.05) is 0 Å². The molecule has 0 amide bonds. The van der Waals surface area contributed by atoms with Gasteiger partial charge in [0.25, 0.3) is 0 Å². The Labute approximate surface area is 95.4 Å². The Morgan fingerprint density at radius 3 is 2.54 bits per heavy atom. The van der Waals surface area contributed by atoms with Crippen LogP contribution in [0.2, 0.25) is 0 Å². The lowest BCUT2D eigenvalue weighted by Gasteiger charge is -2.02. The molecular formula is C10H11Br2N. The van der Waals surface area contributed by atoms with Gasteiger partial charge >= 0.3 is 0 Å². The van der Waals surface area contributed by atoms with Crippen molar-refractivity contribution < 1.29 is 0 Å². The van der Waals surface area contributed by atoms with Crippen LogP contribution in [0, 0.1) is 0 Å². The van der Waals surface area contributed by atoms with Crippen molar-refractivity contribution in [2.24, 2.45) is 0 Å². The van der Waals surface area contributed by atoms with E-state index in [1.165, 1.54) is 12.1 Å². The highest BCUT2D eigenvalue weighted by atomic mass is 79.9. The first-order chi connectivity index (χ1) is 6.29. The number of alkyl halides is 1. The molecule has 1 saturated heterocycles. The van der Waals surface area contributed by atoms with Crippen molar-refractivity contribution in [1.82, 2.24) is 4.90 Å². The summed E-state index contributed by atoms with van der Waals surface area (Å²) in [5, 5.41) is 1.10. The van der Waals surface area contributed by atoms with E-state index in [0.717, 1.165) is 22.4 Å². The lowest BCUT2D eigenvalue weighted by Crippen LogP contribution is -2.02. The fourth-order valence-corrected chi connectivity index (χ4v) is 2.27. The van der Waals surface area contributed by atoms with Crippen LogP contribution in [0.3, 0.4) is 0 Å². The van der Waals surface area contributed by atoms with E-state index < -0.39 is 0 Å². The van der Waals surface area contributed by atoms with Crippen LogP contribution >= 0.6 is 31.9 Å². The molecule has 1 unspecified atom stereocenters. The van der Waals surface area contributed by atoms with Crippen molar-refractivity contribution in [3.05, 3.63) is 34.3 Å². The largest absolute Gasteiger partial charge is 0.292 e. The highest BCUT2D eigenvalue weighted by Crippen LogP contribution is 2.23. The van der Waals surface area contributed by atoms with Crippen molar-refractivity contribution in [2.45, 2.75) is 12.6 Å². The Kier molecular flexibility index (Phi) is 3.06. The summed E-state index contributed by atoms with van der Waals surface area (Å²) in [7, 11) is 0. The van der Waals surface area contributed by atoms with Crippen LogP contribution in [0.25, 0.3) is 0 Å². The second-order valence-electron chi connectivity index (χ2n) is 3.36. The molecule has 1 aromatic carbocycles. The van der Waals surface area contributed by atoms with Crippen LogP contribution in [-0.4, -0.2) is 22.8 Å². The molecule has 0 saturated carbocycles. The molecule has 2 atom stereocenters. The maximum absolute atomic E-state index is 3.49. The zero-order chi connectivity index (χ0) is 9.26. The van der Waals surface area contributed by atoms with E-state index in [4.69, 9.17) is 0 Å². The van der Waals surface area contributed by atoms with Gasteiger partial charge in [-0.05, 0) is 17.7 Å². The molecule has 3 heteroatoms. The van der Waals surface area contributed by atoms with Crippen LogP contribution in [0.1, 0.15) is 5.56 Å². The number of benzene rings is 1. The molecular weight excluding hydrogens is 294 g/mol. The van der Waals surface area contributed by atoms with Gasteiger partial charge in [0.15, 0.2) is 0 Å². The Morgan fingerprint density at radius 2 is 2.00 bits per heavy atom. The van der Waals surface area contributed by atoms with Gasteiger partial charge in [-0.25, -0.2) is 0 Å². The second-order valence-corrected chi connectivity index (χ2v) is 4.93. The lowest BCUT2D eigenvalue weighted by molar-refractivity contribution is 0.518. The summed E-state index contributed by atoms with van der Waals surface area (Å²) in [6.07, 6.45) is 0. The standard InChI is InChI=1S/C10H11Br2N/c11-5-10-7-13(10)6-8-1-3-9(12)4-2-8/h1-4,10H,5-7H2/t10-,13?/m0/s1. The summed E-state index contributed by atoms with van der Waals surface area (Å²) in [5.74, 6) is 0.